The maximum Gasteiger partial charge on any atom is 0.261 e. The summed E-state index contributed by atoms with van der Waals surface area (Å²) in [6.45, 7) is 8.39. The fourth-order valence-electron chi connectivity index (χ4n) is 5.03. The Hall–Kier alpha value is -3.10. The molecule has 3 aromatic carbocycles. The molecular formula is C30H31Cl3N6O. The van der Waals surface area contributed by atoms with Gasteiger partial charge in [0.1, 0.15) is 0 Å². The normalized spacial score (nSPS) is 17.9. The number of hydrogen-bond acceptors (Lipinski definition) is 4. The van der Waals surface area contributed by atoms with Gasteiger partial charge in [-0.25, -0.2) is 9.98 Å². The lowest BCUT2D eigenvalue weighted by Crippen LogP contribution is -2.57. The van der Waals surface area contributed by atoms with Crippen LogP contribution < -0.4 is 16.2 Å². The Kier molecular flexibility index (Phi) is 8.66. The Morgan fingerprint density at radius 1 is 1.02 bits per heavy atom. The highest BCUT2D eigenvalue weighted by atomic mass is 35.5. The molecule has 2 N–H and O–H groups in total. The van der Waals surface area contributed by atoms with Crippen LogP contribution in [0.2, 0.25) is 15.1 Å². The van der Waals surface area contributed by atoms with E-state index in [9.17, 15) is 4.79 Å². The first-order chi connectivity index (χ1) is 19.2. The molecule has 40 heavy (non-hydrogen) atoms. The summed E-state index contributed by atoms with van der Waals surface area (Å²) in [4.78, 5) is 25.1. The summed E-state index contributed by atoms with van der Waals surface area (Å²) in [5.41, 5.74) is 4.07. The molecule has 0 bridgehead atoms. The minimum absolute atomic E-state index is 0.0999. The van der Waals surface area contributed by atoms with E-state index in [0.29, 0.717) is 51.0 Å². The number of guanidine groups is 1. The minimum atomic E-state index is -0.0999. The standard InChI is InChI=1S/C30H31Cl3N6O/c1-18-12-22(31)6-9-27(18)37-30(39-15-19(2)35-20(3)16-39)36-24-7-8-25-28(14-24)34-17-38(29(25)40)11-10-21-4-5-23(32)13-26(21)33/h4-9,12-14,17,19-20,35H,10-11,15-16H2,1-3H3,(H,36,37)/t19-,20?/m1/s1. The molecule has 1 unspecified atom stereocenters. The molecule has 7 nitrogen and oxygen atoms in total. The molecule has 5 rings (SSSR count). The van der Waals surface area contributed by atoms with Gasteiger partial charge in [-0.3, -0.25) is 9.36 Å². The number of fused-ring (bicyclic) bond motifs is 1. The maximum atomic E-state index is 13.2. The second kappa shape index (κ2) is 12.2. The Labute approximate surface area is 248 Å². The number of aryl methyl sites for hydroxylation is 3. The number of aromatic nitrogens is 2. The van der Waals surface area contributed by atoms with Crippen LogP contribution in [0.5, 0.6) is 0 Å². The van der Waals surface area contributed by atoms with E-state index in [4.69, 9.17) is 39.8 Å². The topological polar surface area (TPSA) is 74.5 Å². The third-order valence-corrected chi connectivity index (χ3v) is 7.78. The summed E-state index contributed by atoms with van der Waals surface area (Å²) >= 11 is 18.5. The second-order valence-electron chi connectivity index (χ2n) is 10.3. The van der Waals surface area contributed by atoms with Crippen molar-refractivity contribution >= 4 is 63.0 Å². The van der Waals surface area contributed by atoms with Crippen LogP contribution in [0.25, 0.3) is 10.9 Å². The molecule has 0 spiro atoms. The quantitative estimate of drug-likeness (QED) is 0.198. The van der Waals surface area contributed by atoms with Crippen LogP contribution >= 0.6 is 34.8 Å². The highest BCUT2D eigenvalue weighted by Crippen LogP contribution is 2.25. The molecule has 0 aliphatic carbocycles. The number of anilines is 1. The van der Waals surface area contributed by atoms with E-state index in [1.54, 1.807) is 23.0 Å². The Morgan fingerprint density at radius 2 is 1.75 bits per heavy atom. The van der Waals surface area contributed by atoms with Crippen molar-refractivity contribution in [2.24, 2.45) is 4.99 Å². The zero-order chi connectivity index (χ0) is 28.4. The van der Waals surface area contributed by atoms with Crippen molar-refractivity contribution in [3.05, 3.63) is 97.5 Å². The molecule has 0 radical (unpaired) electrons. The number of hydrogen-bond donors (Lipinski definition) is 2. The molecule has 2 heterocycles. The monoisotopic (exact) mass is 596 g/mol. The lowest BCUT2D eigenvalue weighted by molar-refractivity contribution is 0.254. The molecule has 1 fully saturated rings. The fourth-order valence-corrected chi connectivity index (χ4v) is 5.76. The molecule has 4 aromatic rings. The smallest absolute Gasteiger partial charge is 0.261 e. The number of nitrogens with one attached hydrogen (secondary N) is 2. The number of rotatable bonds is 5. The molecule has 1 saturated heterocycles. The van der Waals surface area contributed by atoms with E-state index in [0.717, 1.165) is 41.6 Å². The summed E-state index contributed by atoms with van der Waals surface area (Å²) < 4.78 is 1.61. The summed E-state index contributed by atoms with van der Waals surface area (Å²) in [7, 11) is 0. The van der Waals surface area contributed by atoms with Crippen molar-refractivity contribution < 1.29 is 0 Å². The molecule has 2 atom stereocenters. The molecular weight excluding hydrogens is 567 g/mol. The van der Waals surface area contributed by atoms with E-state index in [1.165, 1.54) is 0 Å². The lowest BCUT2D eigenvalue weighted by Gasteiger charge is -2.38. The minimum Gasteiger partial charge on any atom is -0.339 e. The molecule has 1 aromatic heterocycles. The van der Waals surface area contributed by atoms with Crippen LogP contribution in [-0.4, -0.2) is 45.6 Å². The SMILES string of the molecule is Cc1cc(Cl)ccc1N=C(Nc1ccc2c(=O)n(CCc3ccc(Cl)cc3Cl)cnc2c1)N1CC(C)N[C@H](C)C1. The lowest BCUT2D eigenvalue weighted by atomic mass is 10.1. The van der Waals surface area contributed by atoms with Crippen LogP contribution in [0, 0.1) is 6.92 Å². The van der Waals surface area contributed by atoms with Crippen molar-refractivity contribution in [3.63, 3.8) is 0 Å². The van der Waals surface area contributed by atoms with Gasteiger partial charge in [-0.15, -0.1) is 0 Å². The highest BCUT2D eigenvalue weighted by Gasteiger charge is 2.24. The average molecular weight is 598 g/mol. The van der Waals surface area contributed by atoms with Gasteiger partial charge in [0.15, 0.2) is 0 Å². The molecule has 208 valence electrons. The van der Waals surface area contributed by atoms with Gasteiger partial charge in [-0.05, 0) is 86.8 Å². The molecule has 1 aliphatic rings. The molecule has 1 aliphatic heterocycles. The van der Waals surface area contributed by atoms with E-state index in [2.05, 4.69) is 34.4 Å². The van der Waals surface area contributed by atoms with Gasteiger partial charge >= 0.3 is 0 Å². The summed E-state index contributed by atoms with van der Waals surface area (Å²) in [6, 6.07) is 17.3. The maximum absolute atomic E-state index is 13.2. The first-order valence-corrected chi connectivity index (χ1v) is 14.4. The van der Waals surface area contributed by atoms with Crippen LogP contribution in [-0.2, 0) is 13.0 Å². The van der Waals surface area contributed by atoms with Gasteiger partial charge in [0.25, 0.3) is 5.56 Å². The van der Waals surface area contributed by atoms with E-state index in [1.807, 2.05) is 49.4 Å². The zero-order valence-electron chi connectivity index (χ0n) is 22.6. The van der Waals surface area contributed by atoms with Gasteiger partial charge in [0, 0.05) is 52.5 Å². The Morgan fingerprint density at radius 3 is 2.48 bits per heavy atom. The van der Waals surface area contributed by atoms with Crippen molar-refractivity contribution in [2.45, 2.75) is 45.8 Å². The fraction of sp³-hybridized carbons (Fsp3) is 0.300. The third kappa shape index (κ3) is 6.61. The average Bonchev–Trinajstić information content (AvgIpc) is 2.89. The molecule has 10 heteroatoms. The Bertz CT molecular complexity index is 1630. The van der Waals surface area contributed by atoms with Crippen molar-refractivity contribution in [2.75, 3.05) is 18.4 Å². The molecule has 0 amide bonds. The van der Waals surface area contributed by atoms with Gasteiger partial charge in [-0.2, -0.15) is 0 Å². The summed E-state index contributed by atoms with van der Waals surface area (Å²) in [5, 5.41) is 9.47. The van der Waals surface area contributed by atoms with E-state index >= 15 is 0 Å². The van der Waals surface area contributed by atoms with Crippen LogP contribution in [0.4, 0.5) is 11.4 Å². The first kappa shape index (κ1) is 28.4. The van der Waals surface area contributed by atoms with Gasteiger partial charge in [0.2, 0.25) is 5.96 Å². The predicted octanol–water partition coefficient (Wildman–Crippen LogP) is 6.69. The Balaban J connectivity index is 1.42. The van der Waals surface area contributed by atoms with Gasteiger partial charge in [0.05, 0.1) is 22.9 Å². The highest BCUT2D eigenvalue weighted by molar-refractivity contribution is 6.35. The van der Waals surface area contributed by atoms with Gasteiger partial charge in [-0.1, -0.05) is 40.9 Å². The van der Waals surface area contributed by atoms with Crippen LogP contribution in [0.1, 0.15) is 25.0 Å². The summed E-state index contributed by atoms with van der Waals surface area (Å²) in [6.07, 6.45) is 2.18. The second-order valence-corrected chi connectivity index (χ2v) is 11.6. The molecule has 0 saturated carbocycles. The van der Waals surface area contributed by atoms with Gasteiger partial charge < -0.3 is 15.5 Å². The van der Waals surface area contributed by atoms with Crippen molar-refractivity contribution in [3.8, 4) is 0 Å². The third-order valence-electron chi connectivity index (χ3n) is 6.96. The first-order valence-electron chi connectivity index (χ1n) is 13.2. The predicted molar refractivity (Wildman–Crippen MR) is 167 cm³/mol. The number of benzene rings is 3. The van der Waals surface area contributed by atoms with E-state index in [-0.39, 0.29) is 5.56 Å². The largest absolute Gasteiger partial charge is 0.339 e. The number of aliphatic imine (C=N–C) groups is 1. The van der Waals surface area contributed by atoms with Crippen molar-refractivity contribution in [1.82, 2.24) is 19.8 Å². The van der Waals surface area contributed by atoms with Crippen LogP contribution in [0.15, 0.2) is 70.7 Å². The van der Waals surface area contributed by atoms with E-state index < -0.39 is 0 Å². The van der Waals surface area contributed by atoms with Crippen LogP contribution in [0.3, 0.4) is 0 Å². The zero-order valence-corrected chi connectivity index (χ0v) is 24.9. The number of halogens is 3. The van der Waals surface area contributed by atoms with Crippen molar-refractivity contribution in [1.29, 1.82) is 0 Å². The number of piperazine rings is 1. The summed E-state index contributed by atoms with van der Waals surface area (Å²) in [5.74, 6) is 0.734. The number of nitrogens with zero attached hydrogens (tertiary/aromatic N) is 4.